The fourth-order valence-corrected chi connectivity index (χ4v) is 5.36. The number of ether oxygens (including phenoxy) is 2. The summed E-state index contributed by atoms with van der Waals surface area (Å²) >= 11 is 3.51. The van der Waals surface area contributed by atoms with Crippen molar-refractivity contribution in [2.24, 2.45) is 0 Å². The maximum atomic E-state index is 12.0. The number of carbonyl (C=O) groups is 1. The maximum Gasteiger partial charge on any atom is 0.224 e. The molecule has 0 spiro atoms. The summed E-state index contributed by atoms with van der Waals surface area (Å²) < 4.78 is 11.2. The molecule has 32 heavy (non-hydrogen) atoms. The van der Waals surface area contributed by atoms with Crippen LogP contribution < -0.4 is 14.8 Å². The molecule has 1 aromatic heterocycles. The van der Waals surface area contributed by atoms with E-state index in [9.17, 15) is 4.79 Å². The van der Waals surface area contributed by atoms with Crippen LogP contribution in [-0.4, -0.2) is 43.4 Å². The molecule has 1 aromatic carbocycles. The van der Waals surface area contributed by atoms with Gasteiger partial charge in [-0.2, -0.15) is 11.8 Å². The Balaban J connectivity index is 1.22. The number of hydrogen-bond donors (Lipinski definition) is 1. The van der Waals surface area contributed by atoms with Crippen LogP contribution in [0.15, 0.2) is 48.0 Å². The van der Waals surface area contributed by atoms with Gasteiger partial charge in [0.25, 0.3) is 0 Å². The van der Waals surface area contributed by atoms with E-state index in [0.717, 1.165) is 41.5 Å². The molecule has 0 aliphatic carbocycles. The van der Waals surface area contributed by atoms with Gasteiger partial charge in [-0.25, -0.2) is 0 Å². The Hall–Kier alpha value is -1.96. The molecule has 1 aliphatic rings. The lowest BCUT2D eigenvalue weighted by molar-refractivity contribution is -0.119. The number of amides is 1. The third-order valence-electron chi connectivity index (χ3n) is 5.30. The van der Waals surface area contributed by atoms with Gasteiger partial charge in [0.2, 0.25) is 5.91 Å². The van der Waals surface area contributed by atoms with Gasteiger partial charge >= 0.3 is 0 Å². The Morgan fingerprint density at radius 2 is 2.09 bits per heavy atom. The third-order valence-corrected chi connectivity index (χ3v) is 7.20. The summed E-state index contributed by atoms with van der Waals surface area (Å²) in [5.74, 6) is 3.50. The lowest BCUT2D eigenvalue weighted by atomic mass is 10.1. The van der Waals surface area contributed by atoms with Gasteiger partial charge in [-0.1, -0.05) is 30.7 Å². The van der Waals surface area contributed by atoms with Gasteiger partial charge in [0.1, 0.15) is 11.5 Å². The summed E-state index contributed by atoms with van der Waals surface area (Å²) in [5, 5.41) is 4.93. The molecule has 2 aromatic rings. The van der Waals surface area contributed by atoms with Crippen molar-refractivity contribution in [2.75, 3.05) is 32.6 Å². The molecule has 0 bridgehead atoms. The van der Waals surface area contributed by atoms with Crippen LogP contribution in [0.25, 0.3) is 0 Å². The number of thiophene rings is 1. The van der Waals surface area contributed by atoms with E-state index in [-0.39, 0.29) is 5.91 Å². The zero-order valence-electron chi connectivity index (χ0n) is 18.9. The molecule has 174 valence electrons. The lowest BCUT2D eigenvalue weighted by Gasteiger charge is -2.25. The Morgan fingerprint density at radius 1 is 1.25 bits per heavy atom. The van der Waals surface area contributed by atoms with Crippen molar-refractivity contribution in [2.45, 2.75) is 44.4 Å². The summed E-state index contributed by atoms with van der Waals surface area (Å²) in [6.45, 7) is 4.08. The second kappa shape index (κ2) is 14.2. The molecule has 1 amide bonds. The summed E-state index contributed by atoms with van der Waals surface area (Å²) in [7, 11) is 1.68. The number of carbonyl (C=O) groups excluding carboxylic acids is 1. The van der Waals surface area contributed by atoms with E-state index in [2.05, 4.69) is 27.7 Å². The highest BCUT2D eigenvalue weighted by atomic mass is 32.2. The molecule has 1 aliphatic heterocycles. The Labute approximate surface area is 200 Å². The van der Waals surface area contributed by atoms with Gasteiger partial charge in [-0.05, 0) is 44.3 Å². The van der Waals surface area contributed by atoms with Crippen LogP contribution in [0.1, 0.15) is 42.5 Å². The molecule has 1 N–H and O–H groups in total. The molecule has 0 atom stereocenters. The van der Waals surface area contributed by atoms with Crippen LogP contribution in [0.4, 0.5) is 0 Å². The predicted octanol–water partition coefficient (Wildman–Crippen LogP) is 5.46. The summed E-state index contributed by atoms with van der Waals surface area (Å²) in [5.41, 5.74) is 1.16. The smallest absolute Gasteiger partial charge is 0.224 e. The molecule has 5 nitrogen and oxygen atoms in total. The predicted molar refractivity (Wildman–Crippen MR) is 135 cm³/mol. The zero-order chi connectivity index (χ0) is 22.4. The standard InChI is InChI=1S/C25H34N2O3S2/c1-29-24-10-4-3-9-21(24)19-31-16-11-25(28)26-12-5-8-15-30-22-17-23(32-20-22)18-27-13-6-2-7-14-27/h3-5,9-10,12,17,20H,2,6-8,11,13-16,18-19H2,1H3,(H,26,28)/b12-5-. The third kappa shape index (κ3) is 8.88. The summed E-state index contributed by atoms with van der Waals surface area (Å²) in [6.07, 6.45) is 8.94. The average molecular weight is 475 g/mol. The SMILES string of the molecule is COc1ccccc1CSCCC(=O)N/C=C\CCOc1csc(CN2CCCCC2)c1. The molecule has 0 unspecified atom stereocenters. The number of hydrogen-bond acceptors (Lipinski definition) is 6. The van der Waals surface area contributed by atoms with Crippen molar-refractivity contribution >= 4 is 29.0 Å². The molecule has 7 heteroatoms. The van der Waals surface area contributed by atoms with Gasteiger partial charge in [0, 0.05) is 46.7 Å². The minimum absolute atomic E-state index is 0.0369. The van der Waals surface area contributed by atoms with Crippen molar-refractivity contribution in [3.05, 3.63) is 58.4 Å². The van der Waals surface area contributed by atoms with Crippen LogP contribution in [0.2, 0.25) is 0 Å². The van der Waals surface area contributed by atoms with Crippen LogP contribution in [0.3, 0.4) is 0 Å². The van der Waals surface area contributed by atoms with Crippen molar-refractivity contribution in [3.63, 3.8) is 0 Å². The normalized spacial score (nSPS) is 14.5. The highest BCUT2D eigenvalue weighted by Crippen LogP contribution is 2.25. The highest BCUT2D eigenvalue weighted by Gasteiger charge is 2.11. The van der Waals surface area contributed by atoms with E-state index in [1.807, 2.05) is 24.3 Å². The van der Waals surface area contributed by atoms with Gasteiger partial charge in [-0.3, -0.25) is 9.69 Å². The van der Waals surface area contributed by atoms with Crippen LogP contribution in [-0.2, 0) is 17.1 Å². The largest absolute Gasteiger partial charge is 0.496 e. The number of nitrogens with zero attached hydrogens (tertiary/aromatic N) is 1. The van der Waals surface area contributed by atoms with E-state index in [0.29, 0.717) is 13.0 Å². The first-order chi connectivity index (χ1) is 15.7. The number of rotatable bonds is 13. The average Bonchev–Trinajstić information content (AvgIpc) is 3.27. The highest BCUT2D eigenvalue weighted by molar-refractivity contribution is 7.98. The molecular weight excluding hydrogens is 440 g/mol. The molecule has 0 saturated carbocycles. The van der Waals surface area contributed by atoms with Gasteiger partial charge in [0.05, 0.1) is 13.7 Å². The van der Waals surface area contributed by atoms with E-state index in [1.165, 1.54) is 37.2 Å². The topological polar surface area (TPSA) is 50.8 Å². The van der Waals surface area contributed by atoms with E-state index >= 15 is 0 Å². The van der Waals surface area contributed by atoms with Crippen molar-refractivity contribution in [1.82, 2.24) is 10.2 Å². The van der Waals surface area contributed by atoms with Gasteiger partial charge in [-0.15, -0.1) is 11.3 Å². The molecule has 1 fully saturated rings. The molecule has 1 saturated heterocycles. The number of benzene rings is 1. The molecule has 0 radical (unpaired) electrons. The van der Waals surface area contributed by atoms with Crippen LogP contribution >= 0.6 is 23.1 Å². The Morgan fingerprint density at radius 3 is 2.94 bits per heavy atom. The zero-order valence-corrected chi connectivity index (χ0v) is 20.5. The number of nitrogens with one attached hydrogen (secondary N) is 1. The number of thioether (sulfide) groups is 1. The number of para-hydroxylation sites is 1. The van der Waals surface area contributed by atoms with Crippen molar-refractivity contribution < 1.29 is 14.3 Å². The maximum absolute atomic E-state index is 12.0. The van der Waals surface area contributed by atoms with Crippen molar-refractivity contribution in [3.8, 4) is 11.5 Å². The second-order valence-corrected chi connectivity index (χ2v) is 9.91. The van der Waals surface area contributed by atoms with Crippen molar-refractivity contribution in [1.29, 1.82) is 0 Å². The fraction of sp³-hybridized carbons (Fsp3) is 0.480. The first kappa shape index (κ1) is 24.7. The van der Waals surface area contributed by atoms with Gasteiger partial charge < -0.3 is 14.8 Å². The lowest BCUT2D eigenvalue weighted by Crippen LogP contribution is -2.28. The minimum Gasteiger partial charge on any atom is -0.496 e. The molecule has 3 rings (SSSR count). The summed E-state index contributed by atoms with van der Waals surface area (Å²) in [4.78, 5) is 15.9. The monoisotopic (exact) mass is 474 g/mol. The quantitative estimate of drug-likeness (QED) is 0.391. The molecular formula is C25H34N2O3S2. The molecule has 2 heterocycles. The second-order valence-electron chi connectivity index (χ2n) is 7.81. The number of likely N-dealkylation sites (tertiary alicyclic amines) is 1. The van der Waals surface area contributed by atoms with Gasteiger partial charge in [0.15, 0.2) is 0 Å². The fourth-order valence-electron chi connectivity index (χ4n) is 3.58. The van der Waals surface area contributed by atoms with E-state index in [1.54, 1.807) is 36.4 Å². The Kier molecular flexibility index (Phi) is 11.0. The first-order valence-electron chi connectivity index (χ1n) is 11.3. The minimum atomic E-state index is 0.0369. The number of methoxy groups -OCH3 is 1. The first-order valence-corrected chi connectivity index (χ1v) is 13.3. The van der Waals surface area contributed by atoms with E-state index < -0.39 is 0 Å². The van der Waals surface area contributed by atoms with Crippen LogP contribution in [0, 0.1) is 0 Å². The Bertz CT molecular complexity index is 847. The summed E-state index contributed by atoms with van der Waals surface area (Å²) in [6, 6.07) is 10.2. The van der Waals surface area contributed by atoms with Crippen LogP contribution in [0.5, 0.6) is 11.5 Å². The number of piperidine rings is 1. The van der Waals surface area contributed by atoms with E-state index in [4.69, 9.17) is 9.47 Å².